The Morgan fingerprint density at radius 2 is 2.10 bits per heavy atom. The molecule has 116 valence electrons. The number of unbranched alkanes of at least 4 members (excludes halogenated alkanes) is 1. The van der Waals surface area contributed by atoms with E-state index in [9.17, 15) is 5.11 Å². The highest BCUT2D eigenvalue weighted by Crippen LogP contribution is 2.30. The van der Waals surface area contributed by atoms with Crippen molar-refractivity contribution in [2.75, 3.05) is 26.2 Å². The lowest BCUT2D eigenvalue weighted by molar-refractivity contribution is 0.157. The molecule has 2 unspecified atom stereocenters. The zero-order valence-corrected chi connectivity index (χ0v) is 12.9. The van der Waals surface area contributed by atoms with Crippen LogP contribution in [0, 0.1) is 0 Å². The first-order valence-corrected chi connectivity index (χ1v) is 8.54. The molecule has 1 aliphatic carbocycles. The summed E-state index contributed by atoms with van der Waals surface area (Å²) in [5.74, 6) is 0. The minimum absolute atomic E-state index is 0.330. The van der Waals surface area contributed by atoms with Gasteiger partial charge in [-0.15, -0.1) is 0 Å². The smallest absolute Gasteiger partial charge is 0.0586 e. The maximum absolute atomic E-state index is 9.32. The summed E-state index contributed by atoms with van der Waals surface area (Å²) in [5.41, 5.74) is 3.04. The summed E-state index contributed by atoms with van der Waals surface area (Å²) in [6.07, 6.45) is 7.36. The minimum Gasteiger partial charge on any atom is -0.395 e. The van der Waals surface area contributed by atoms with E-state index >= 15 is 0 Å². The molecule has 0 spiro atoms. The number of hydrogen-bond acceptors (Lipinski definition) is 3. The summed E-state index contributed by atoms with van der Waals surface area (Å²) in [6, 6.07) is 9.84. The second-order valence-electron chi connectivity index (χ2n) is 6.47. The molecule has 1 aromatic rings. The van der Waals surface area contributed by atoms with Crippen LogP contribution in [0.15, 0.2) is 24.3 Å². The molecule has 1 aliphatic heterocycles. The predicted octanol–water partition coefficient (Wildman–Crippen LogP) is 2.50. The molecule has 1 heterocycles. The summed E-state index contributed by atoms with van der Waals surface area (Å²) in [5, 5.41) is 13.0. The lowest BCUT2D eigenvalue weighted by Crippen LogP contribution is -2.33. The lowest BCUT2D eigenvalue weighted by atomic mass is 10.1. The third-order valence-electron chi connectivity index (χ3n) is 5.11. The number of aryl methyl sites for hydroxylation is 1. The van der Waals surface area contributed by atoms with Crippen LogP contribution in [0.3, 0.4) is 0 Å². The Balaban J connectivity index is 1.34. The van der Waals surface area contributed by atoms with Crippen molar-refractivity contribution in [2.45, 2.75) is 50.6 Å². The highest BCUT2D eigenvalue weighted by Gasteiger charge is 2.23. The fraction of sp³-hybridized carbons (Fsp3) is 0.667. The average Bonchev–Trinajstić information content (AvgIpc) is 3.13. The van der Waals surface area contributed by atoms with E-state index in [1.807, 2.05) is 0 Å². The summed E-state index contributed by atoms with van der Waals surface area (Å²) in [6.45, 7) is 3.76. The Bertz CT molecular complexity index is 449. The number of nitrogens with zero attached hydrogens (tertiary/aromatic N) is 1. The van der Waals surface area contributed by atoms with Crippen LogP contribution in [0.5, 0.6) is 0 Å². The van der Waals surface area contributed by atoms with Crippen LogP contribution in [0.1, 0.15) is 49.3 Å². The lowest BCUT2D eigenvalue weighted by Gasteiger charge is -2.22. The second kappa shape index (κ2) is 7.39. The van der Waals surface area contributed by atoms with E-state index in [2.05, 4.69) is 34.5 Å². The Kier molecular flexibility index (Phi) is 5.28. The first-order chi connectivity index (χ1) is 10.4. The molecular formula is C18H28N2O. The third kappa shape index (κ3) is 3.65. The highest BCUT2D eigenvalue weighted by atomic mass is 16.3. The fourth-order valence-corrected chi connectivity index (χ4v) is 3.88. The van der Waals surface area contributed by atoms with Crippen molar-refractivity contribution in [1.82, 2.24) is 10.2 Å². The molecule has 1 aromatic carbocycles. The molecular weight excluding hydrogens is 260 g/mol. The number of nitrogens with one attached hydrogen (secondary N) is 1. The number of aliphatic hydroxyl groups is 1. The van der Waals surface area contributed by atoms with Gasteiger partial charge in [-0.2, -0.15) is 0 Å². The van der Waals surface area contributed by atoms with Crippen molar-refractivity contribution in [3.8, 4) is 0 Å². The van der Waals surface area contributed by atoms with Crippen molar-refractivity contribution < 1.29 is 5.11 Å². The third-order valence-corrected chi connectivity index (χ3v) is 5.11. The van der Waals surface area contributed by atoms with Crippen molar-refractivity contribution in [3.05, 3.63) is 35.4 Å². The zero-order valence-electron chi connectivity index (χ0n) is 12.9. The van der Waals surface area contributed by atoms with Gasteiger partial charge >= 0.3 is 0 Å². The van der Waals surface area contributed by atoms with Crippen molar-refractivity contribution in [1.29, 1.82) is 0 Å². The van der Waals surface area contributed by atoms with Gasteiger partial charge in [0.2, 0.25) is 0 Å². The zero-order chi connectivity index (χ0) is 14.5. The van der Waals surface area contributed by atoms with E-state index in [1.165, 1.54) is 56.2 Å². The van der Waals surface area contributed by atoms with Crippen LogP contribution in [0.4, 0.5) is 0 Å². The predicted molar refractivity (Wildman–Crippen MR) is 86.4 cm³/mol. The van der Waals surface area contributed by atoms with E-state index < -0.39 is 0 Å². The monoisotopic (exact) mass is 288 g/mol. The first-order valence-electron chi connectivity index (χ1n) is 8.54. The van der Waals surface area contributed by atoms with Gasteiger partial charge in [0.25, 0.3) is 0 Å². The molecule has 0 radical (unpaired) electrons. The summed E-state index contributed by atoms with van der Waals surface area (Å²) in [4.78, 5) is 2.46. The van der Waals surface area contributed by atoms with E-state index in [-0.39, 0.29) is 0 Å². The van der Waals surface area contributed by atoms with Crippen LogP contribution in [-0.4, -0.2) is 42.3 Å². The number of rotatable bonds is 7. The van der Waals surface area contributed by atoms with Crippen LogP contribution in [-0.2, 0) is 6.42 Å². The molecule has 2 atom stereocenters. The van der Waals surface area contributed by atoms with Crippen molar-refractivity contribution >= 4 is 0 Å². The van der Waals surface area contributed by atoms with Gasteiger partial charge in [-0.05, 0) is 69.3 Å². The van der Waals surface area contributed by atoms with Crippen LogP contribution < -0.4 is 5.32 Å². The van der Waals surface area contributed by atoms with Gasteiger partial charge in [0.1, 0.15) is 0 Å². The summed E-state index contributed by atoms with van der Waals surface area (Å²) >= 11 is 0. The minimum atomic E-state index is 0.330. The SMILES string of the molecule is OCC1CCCN1CCCCNC1CCc2ccccc21. The maximum Gasteiger partial charge on any atom is 0.0586 e. The van der Waals surface area contributed by atoms with Gasteiger partial charge < -0.3 is 10.4 Å². The van der Waals surface area contributed by atoms with Gasteiger partial charge in [0.05, 0.1) is 6.61 Å². The molecule has 2 aliphatic rings. The van der Waals surface area contributed by atoms with E-state index in [1.54, 1.807) is 0 Å². The number of fused-ring (bicyclic) bond motifs is 1. The molecule has 0 amide bonds. The normalized spacial score (nSPS) is 25.4. The number of aliphatic hydroxyl groups excluding tert-OH is 1. The van der Waals surface area contributed by atoms with Gasteiger partial charge in [0, 0.05) is 12.1 Å². The van der Waals surface area contributed by atoms with Crippen LogP contribution >= 0.6 is 0 Å². The van der Waals surface area contributed by atoms with Crippen molar-refractivity contribution in [2.24, 2.45) is 0 Å². The standard InChI is InChI=1S/C18H28N2O/c21-14-16-7-5-13-20(16)12-4-3-11-19-18-10-9-15-6-1-2-8-17(15)18/h1-2,6,8,16,18-19,21H,3-5,7,9-14H2. The number of benzene rings is 1. The molecule has 2 N–H and O–H groups in total. The molecule has 1 saturated heterocycles. The molecule has 1 fully saturated rings. The second-order valence-corrected chi connectivity index (χ2v) is 6.47. The Labute approximate surface area is 128 Å². The average molecular weight is 288 g/mol. The summed E-state index contributed by atoms with van der Waals surface area (Å²) in [7, 11) is 0. The number of likely N-dealkylation sites (tertiary alicyclic amines) is 1. The Morgan fingerprint density at radius 1 is 1.19 bits per heavy atom. The number of hydrogen-bond donors (Lipinski definition) is 2. The van der Waals surface area contributed by atoms with Gasteiger partial charge in [0.15, 0.2) is 0 Å². The molecule has 0 bridgehead atoms. The molecule has 0 saturated carbocycles. The van der Waals surface area contributed by atoms with Crippen LogP contribution in [0.2, 0.25) is 0 Å². The van der Waals surface area contributed by atoms with E-state index in [4.69, 9.17) is 0 Å². The molecule has 3 rings (SSSR count). The molecule has 21 heavy (non-hydrogen) atoms. The van der Waals surface area contributed by atoms with Gasteiger partial charge in [-0.25, -0.2) is 0 Å². The maximum atomic E-state index is 9.32. The van der Waals surface area contributed by atoms with Gasteiger partial charge in [-0.3, -0.25) is 4.90 Å². The largest absolute Gasteiger partial charge is 0.395 e. The molecule has 3 heteroatoms. The first kappa shape index (κ1) is 15.0. The molecule has 0 aromatic heterocycles. The van der Waals surface area contributed by atoms with E-state index in [0.717, 1.165) is 13.1 Å². The van der Waals surface area contributed by atoms with E-state index in [0.29, 0.717) is 18.7 Å². The quantitative estimate of drug-likeness (QED) is 0.757. The Hall–Kier alpha value is -0.900. The topological polar surface area (TPSA) is 35.5 Å². The fourth-order valence-electron chi connectivity index (χ4n) is 3.88. The van der Waals surface area contributed by atoms with Gasteiger partial charge in [-0.1, -0.05) is 24.3 Å². The van der Waals surface area contributed by atoms with Crippen LogP contribution in [0.25, 0.3) is 0 Å². The highest BCUT2D eigenvalue weighted by molar-refractivity contribution is 5.34. The Morgan fingerprint density at radius 3 is 3.00 bits per heavy atom. The molecule has 3 nitrogen and oxygen atoms in total. The summed E-state index contributed by atoms with van der Waals surface area (Å²) < 4.78 is 0. The van der Waals surface area contributed by atoms with Crippen molar-refractivity contribution in [3.63, 3.8) is 0 Å².